The Hall–Kier alpha value is -0.900. The van der Waals surface area contributed by atoms with E-state index in [1.54, 1.807) is 0 Å². The third-order valence-corrected chi connectivity index (χ3v) is 3.32. The maximum Gasteiger partial charge on any atom is 0.106 e. The molecule has 3 heteroatoms. The van der Waals surface area contributed by atoms with Crippen molar-refractivity contribution in [3.63, 3.8) is 0 Å². The molecule has 0 radical (unpaired) electrons. The fraction of sp³-hybridized carbons (Fsp3) is 0.538. The highest BCUT2D eigenvalue weighted by molar-refractivity contribution is 5.35. The lowest BCUT2D eigenvalue weighted by atomic mass is 9.89. The van der Waals surface area contributed by atoms with Crippen LogP contribution in [0.1, 0.15) is 35.6 Å². The predicted octanol–water partition coefficient (Wildman–Crippen LogP) is 0.918. The van der Waals surface area contributed by atoms with E-state index in [9.17, 15) is 10.2 Å². The predicted molar refractivity (Wildman–Crippen MR) is 63.1 cm³/mol. The number of aliphatic hydroxyl groups excluding tert-OH is 2. The second-order valence-corrected chi connectivity index (χ2v) is 4.48. The molecule has 0 heterocycles. The van der Waals surface area contributed by atoms with Gasteiger partial charge in [-0.2, -0.15) is 0 Å². The summed E-state index contributed by atoms with van der Waals surface area (Å²) in [6.45, 7) is 0.0816. The first-order chi connectivity index (χ1) is 7.72. The zero-order valence-corrected chi connectivity index (χ0v) is 9.39. The van der Waals surface area contributed by atoms with Gasteiger partial charge >= 0.3 is 0 Å². The van der Waals surface area contributed by atoms with Crippen LogP contribution in [0.15, 0.2) is 18.2 Å². The summed E-state index contributed by atoms with van der Waals surface area (Å²) in [5.41, 5.74) is 8.81. The maximum absolute atomic E-state index is 9.86. The topological polar surface area (TPSA) is 66.5 Å². The Kier molecular flexibility index (Phi) is 3.59. The molecule has 2 unspecified atom stereocenters. The standard InChI is InChI=1S/C13H19NO2/c14-8-12(15)13(16)11-6-5-9-3-1-2-4-10(9)7-11/h5-7,12-13,15-16H,1-4,8,14H2. The molecule has 1 aromatic rings. The van der Waals surface area contributed by atoms with Crippen molar-refractivity contribution < 1.29 is 10.2 Å². The molecular weight excluding hydrogens is 202 g/mol. The first-order valence-corrected chi connectivity index (χ1v) is 5.90. The van der Waals surface area contributed by atoms with Gasteiger partial charge in [0.05, 0.1) is 6.10 Å². The fourth-order valence-electron chi connectivity index (χ4n) is 2.29. The molecule has 0 spiro atoms. The van der Waals surface area contributed by atoms with Crippen molar-refractivity contribution in [1.82, 2.24) is 0 Å². The van der Waals surface area contributed by atoms with Crippen molar-refractivity contribution in [3.8, 4) is 0 Å². The van der Waals surface area contributed by atoms with Crippen LogP contribution < -0.4 is 5.73 Å². The minimum absolute atomic E-state index is 0.0816. The Morgan fingerprint density at radius 1 is 1.12 bits per heavy atom. The third kappa shape index (κ3) is 2.26. The summed E-state index contributed by atoms with van der Waals surface area (Å²) in [6.07, 6.45) is 2.94. The Balaban J connectivity index is 2.22. The molecule has 0 amide bonds. The van der Waals surface area contributed by atoms with E-state index in [4.69, 9.17) is 5.73 Å². The molecule has 0 aromatic heterocycles. The number of rotatable bonds is 3. The van der Waals surface area contributed by atoms with E-state index in [2.05, 4.69) is 6.07 Å². The maximum atomic E-state index is 9.86. The highest BCUT2D eigenvalue weighted by atomic mass is 16.3. The molecule has 1 aliphatic rings. The van der Waals surface area contributed by atoms with Crippen LogP contribution in [0, 0.1) is 0 Å². The molecular formula is C13H19NO2. The van der Waals surface area contributed by atoms with Crippen LogP contribution >= 0.6 is 0 Å². The fourth-order valence-corrected chi connectivity index (χ4v) is 2.29. The largest absolute Gasteiger partial charge is 0.389 e. The van der Waals surface area contributed by atoms with E-state index in [1.807, 2.05) is 12.1 Å². The van der Waals surface area contributed by atoms with Gasteiger partial charge < -0.3 is 15.9 Å². The molecule has 0 saturated heterocycles. The van der Waals surface area contributed by atoms with E-state index in [-0.39, 0.29) is 6.54 Å². The van der Waals surface area contributed by atoms with Crippen LogP contribution in [0.2, 0.25) is 0 Å². The van der Waals surface area contributed by atoms with Gasteiger partial charge in [-0.25, -0.2) is 0 Å². The summed E-state index contributed by atoms with van der Waals surface area (Å²) in [6, 6.07) is 5.97. The highest BCUT2D eigenvalue weighted by Crippen LogP contribution is 2.25. The Labute approximate surface area is 95.9 Å². The van der Waals surface area contributed by atoms with E-state index in [1.165, 1.54) is 24.0 Å². The molecule has 16 heavy (non-hydrogen) atoms. The summed E-state index contributed by atoms with van der Waals surface area (Å²) in [4.78, 5) is 0. The molecule has 0 bridgehead atoms. The Morgan fingerprint density at radius 2 is 1.81 bits per heavy atom. The minimum atomic E-state index is -0.873. The Morgan fingerprint density at radius 3 is 2.50 bits per heavy atom. The minimum Gasteiger partial charge on any atom is -0.389 e. The number of fused-ring (bicyclic) bond motifs is 1. The van der Waals surface area contributed by atoms with Crippen molar-refractivity contribution in [1.29, 1.82) is 0 Å². The van der Waals surface area contributed by atoms with E-state index in [0.29, 0.717) is 0 Å². The van der Waals surface area contributed by atoms with Crippen LogP contribution in [0.3, 0.4) is 0 Å². The summed E-state index contributed by atoms with van der Waals surface area (Å²) >= 11 is 0. The average Bonchev–Trinajstić information content (AvgIpc) is 2.36. The number of hydrogen-bond acceptors (Lipinski definition) is 3. The molecule has 4 N–H and O–H groups in total. The number of hydrogen-bond donors (Lipinski definition) is 3. The second-order valence-electron chi connectivity index (χ2n) is 4.48. The summed E-state index contributed by atoms with van der Waals surface area (Å²) in [7, 11) is 0. The van der Waals surface area contributed by atoms with Gasteiger partial charge in [-0.3, -0.25) is 0 Å². The smallest absolute Gasteiger partial charge is 0.106 e. The van der Waals surface area contributed by atoms with Crippen molar-refractivity contribution in [3.05, 3.63) is 34.9 Å². The van der Waals surface area contributed by atoms with E-state index < -0.39 is 12.2 Å². The van der Waals surface area contributed by atoms with Gasteiger partial charge in [-0.05, 0) is 42.4 Å². The van der Waals surface area contributed by atoms with Crippen LogP contribution in [0.5, 0.6) is 0 Å². The number of nitrogens with two attached hydrogens (primary N) is 1. The third-order valence-electron chi connectivity index (χ3n) is 3.32. The molecule has 1 aliphatic carbocycles. The van der Waals surface area contributed by atoms with Crippen molar-refractivity contribution >= 4 is 0 Å². The van der Waals surface area contributed by atoms with Crippen LogP contribution in [0.25, 0.3) is 0 Å². The van der Waals surface area contributed by atoms with Crippen molar-refractivity contribution in [2.45, 2.75) is 37.9 Å². The zero-order chi connectivity index (χ0) is 11.5. The van der Waals surface area contributed by atoms with Gasteiger partial charge in [0.1, 0.15) is 6.10 Å². The average molecular weight is 221 g/mol. The van der Waals surface area contributed by atoms with Crippen molar-refractivity contribution in [2.75, 3.05) is 6.54 Å². The molecule has 3 nitrogen and oxygen atoms in total. The quantitative estimate of drug-likeness (QED) is 0.711. The van der Waals surface area contributed by atoms with Crippen LogP contribution in [0.4, 0.5) is 0 Å². The Bertz CT molecular complexity index is 365. The van der Waals surface area contributed by atoms with Crippen LogP contribution in [-0.2, 0) is 12.8 Å². The lowest BCUT2D eigenvalue weighted by Gasteiger charge is -2.20. The monoisotopic (exact) mass is 221 g/mol. The molecule has 1 aromatic carbocycles. The zero-order valence-electron chi connectivity index (χ0n) is 9.39. The highest BCUT2D eigenvalue weighted by Gasteiger charge is 2.18. The van der Waals surface area contributed by atoms with Gasteiger partial charge in [0.15, 0.2) is 0 Å². The summed E-state index contributed by atoms with van der Waals surface area (Å²) in [5, 5.41) is 19.4. The molecule has 88 valence electrons. The number of benzene rings is 1. The van der Waals surface area contributed by atoms with Crippen LogP contribution in [-0.4, -0.2) is 22.9 Å². The summed E-state index contributed by atoms with van der Waals surface area (Å²) in [5.74, 6) is 0. The second kappa shape index (κ2) is 4.95. The number of aliphatic hydroxyl groups is 2. The normalized spacial score (nSPS) is 18.9. The molecule has 0 saturated carbocycles. The van der Waals surface area contributed by atoms with Gasteiger partial charge in [0.25, 0.3) is 0 Å². The van der Waals surface area contributed by atoms with Gasteiger partial charge in [0.2, 0.25) is 0 Å². The number of aryl methyl sites for hydroxylation is 2. The molecule has 0 fully saturated rings. The SMILES string of the molecule is NCC(O)C(O)c1ccc2c(c1)CCCC2. The molecule has 2 rings (SSSR count). The van der Waals surface area contributed by atoms with Crippen molar-refractivity contribution in [2.24, 2.45) is 5.73 Å². The first kappa shape index (κ1) is 11.6. The molecule has 2 atom stereocenters. The lowest BCUT2D eigenvalue weighted by molar-refractivity contribution is 0.0243. The van der Waals surface area contributed by atoms with Gasteiger partial charge in [-0.15, -0.1) is 0 Å². The van der Waals surface area contributed by atoms with Gasteiger partial charge in [0, 0.05) is 6.54 Å². The van der Waals surface area contributed by atoms with E-state index in [0.717, 1.165) is 18.4 Å². The molecule has 0 aliphatic heterocycles. The lowest BCUT2D eigenvalue weighted by Crippen LogP contribution is -2.27. The summed E-state index contributed by atoms with van der Waals surface area (Å²) < 4.78 is 0. The van der Waals surface area contributed by atoms with Gasteiger partial charge in [-0.1, -0.05) is 18.2 Å². The van der Waals surface area contributed by atoms with E-state index >= 15 is 0 Å². The first-order valence-electron chi connectivity index (χ1n) is 5.90.